The van der Waals surface area contributed by atoms with Crippen molar-refractivity contribution < 1.29 is 26.1 Å². The molecule has 0 fully saturated rings. The van der Waals surface area contributed by atoms with Crippen LogP contribution >= 0.6 is 0 Å². The van der Waals surface area contributed by atoms with Gasteiger partial charge in [-0.05, 0) is 0 Å². The van der Waals surface area contributed by atoms with Crippen LogP contribution in [0, 0.1) is 0 Å². The molecule has 2 rings (SSSR count). The molecule has 0 unspecified atom stereocenters. The van der Waals surface area contributed by atoms with E-state index >= 15 is 0 Å². The van der Waals surface area contributed by atoms with Crippen molar-refractivity contribution in [3.05, 3.63) is 75.4 Å². The standard InChI is InChI=1S/C14H11.Hg/c1-12(13-8-4-2-5-9-13)14-10-6-3-7-11-14;/h1-11H;. The van der Waals surface area contributed by atoms with E-state index in [-0.39, 0.29) is 0 Å². The van der Waals surface area contributed by atoms with E-state index in [0.29, 0.717) is 26.1 Å². The van der Waals surface area contributed by atoms with Crippen LogP contribution in [-0.4, -0.2) is 0 Å². The van der Waals surface area contributed by atoms with Crippen molar-refractivity contribution in [2.24, 2.45) is 0 Å². The summed E-state index contributed by atoms with van der Waals surface area (Å²) in [5, 5.41) is 0. The fraction of sp³-hybridized carbons (Fsp3) is 0. The monoisotopic (exact) mass is 381 g/mol. The van der Waals surface area contributed by atoms with Crippen LogP contribution in [0.3, 0.4) is 0 Å². The van der Waals surface area contributed by atoms with Crippen molar-refractivity contribution >= 4 is 5.57 Å². The van der Waals surface area contributed by atoms with Crippen LogP contribution in [0.1, 0.15) is 11.1 Å². The normalized spacial score (nSPS) is 9.73. The Morgan fingerprint density at radius 2 is 1.13 bits per heavy atom. The van der Waals surface area contributed by atoms with Crippen LogP contribution in [0.4, 0.5) is 0 Å². The molecule has 0 aromatic heterocycles. The molecule has 1 heteroatoms. The van der Waals surface area contributed by atoms with Gasteiger partial charge < -0.3 is 0 Å². The van der Waals surface area contributed by atoms with Crippen LogP contribution < -0.4 is 0 Å². The van der Waals surface area contributed by atoms with Crippen molar-refractivity contribution in [1.29, 1.82) is 0 Å². The molecule has 0 aliphatic heterocycles. The predicted octanol–water partition coefficient (Wildman–Crippen LogP) is 3.62. The van der Waals surface area contributed by atoms with Crippen LogP contribution in [0.2, 0.25) is 0 Å². The van der Waals surface area contributed by atoms with Gasteiger partial charge in [-0.25, -0.2) is 0 Å². The molecule has 15 heavy (non-hydrogen) atoms. The van der Waals surface area contributed by atoms with Crippen molar-refractivity contribution in [1.82, 2.24) is 0 Å². The first kappa shape index (κ1) is 10.6. The second-order valence-corrected chi connectivity index (χ2v) is 4.94. The van der Waals surface area contributed by atoms with E-state index in [0.717, 1.165) is 0 Å². The van der Waals surface area contributed by atoms with Crippen LogP contribution in [0.15, 0.2) is 64.2 Å². The third-order valence-electron chi connectivity index (χ3n) is 2.37. The van der Waals surface area contributed by atoms with E-state index in [1.54, 1.807) is 0 Å². The summed E-state index contributed by atoms with van der Waals surface area (Å²) in [4.78, 5) is 0. The van der Waals surface area contributed by atoms with Gasteiger partial charge in [0.25, 0.3) is 0 Å². The maximum absolute atomic E-state index is 2.35. The summed E-state index contributed by atoms with van der Waals surface area (Å²) in [5.74, 6) is 0. The van der Waals surface area contributed by atoms with Crippen molar-refractivity contribution in [3.8, 4) is 0 Å². The molecule has 0 heterocycles. The zero-order valence-corrected chi connectivity index (χ0v) is 14.1. The Morgan fingerprint density at radius 1 is 0.733 bits per heavy atom. The summed E-state index contributed by atoms with van der Waals surface area (Å²) in [6.45, 7) is 0. The molecule has 0 spiro atoms. The van der Waals surface area contributed by atoms with Gasteiger partial charge in [0.1, 0.15) is 0 Å². The third-order valence-corrected chi connectivity index (χ3v) is 3.96. The SMILES string of the molecule is [Hg][CH]=C(c1ccccc1)c1ccccc1. The van der Waals surface area contributed by atoms with Crippen molar-refractivity contribution in [3.63, 3.8) is 0 Å². The maximum atomic E-state index is 2.35. The van der Waals surface area contributed by atoms with Gasteiger partial charge in [-0.15, -0.1) is 0 Å². The quantitative estimate of drug-likeness (QED) is 0.699. The topological polar surface area (TPSA) is 0 Å². The van der Waals surface area contributed by atoms with E-state index in [4.69, 9.17) is 0 Å². The van der Waals surface area contributed by atoms with E-state index in [2.05, 4.69) is 64.2 Å². The van der Waals surface area contributed by atoms with Gasteiger partial charge in [-0.1, -0.05) is 0 Å². The Kier molecular flexibility index (Phi) is 3.73. The minimum absolute atomic E-state index is 0.680. The second kappa shape index (κ2) is 5.27. The van der Waals surface area contributed by atoms with Crippen molar-refractivity contribution in [2.45, 2.75) is 0 Å². The number of hydrogen-bond acceptors (Lipinski definition) is 0. The van der Waals surface area contributed by atoms with Crippen LogP contribution in [-0.2, 0) is 26.1 Å². The molecule has 0 saturated carbocycles. The predicted molar refractivity (Wildman–Crippen MR) is 60.0 cm³/mol. The molecule has 69 valence electrons. The average molecular weight is 380 g/mol. The zero-order chi connectivity index (χ0) is 10.5. The first-order chi connectivity index (χ1) is 7.42. The molecular weight excluding hydrogens is 369 g/mol. The van der Waals surface area contributed by atoms with Crippen LogP contribution in [0.25, 0.3) is 5.57 Å². The van der Waals surface area contributed by atoms with Gasteiger partial charge in [0.15, 0.2) is 0 Å². The minimum atomic E-state index is 0.680. The molecule has 0 atom stereocenters. The van der Waals surface area contributed by atoms with E-state index in [1.807, 2.05) is 0 Å². The third kappa shape index (κ3) is 2.57. The number of hydrogen-bond donors (Lipinski definition) is 0. The Labute approximate surface area is 107 Å². The first-order valence-electron chi connectivity index (χ1n) is 5.02. The molecule has 0 nitrogen and oxygen atoms in total. The Morgan fingerprint density at radius 3 is 1.47 bits per heavy atom. The van der Waals surface area contributed by atoms with Crippen molar-refractivity contribution in [2.75, 3.05) is 0 Å². The molecule has 2 aromatic rings. The molecule has 0 N–H and O–H groups in total. The summed E-state index contributed by atoms with van der Waals surface area (Å²) < 4.78 is 2.35. The summed E-state index contributed by atoms with van der Waals surface area (Å²) in [6.07, 6.45) is 0. The Bertz CT molecular complexity index is 402. The summed E-state index contributed by atoms with van der Waals surface area (Å²) in [5.41, 5.74) is 4.01. The average Bonchev–Trinajstić information content (AvgIpc) is 2.33. The first-order valence-corrected chi connectivity index (χ1v) is 8.19. The summed E-state index contributed by atoms with van der Waals surface area (Å²) >= 11 is 0.680. The molecule has 0 saturated heterocycles. The Balaban J connectivity index is 2.44. The molecular formula is C14H11Hg. The van der Waals surface area contributed by atoms with Gasteiger partial charge in [-0.2, -0.15) is 0 Å². The van der Waals surface area contributed by atoms with Gasteiger partial charge in [0.2, 0.25) is 0 Å². The van der Waals surface area contributed by atoms with Gasteiger partial charge in [-0.3, -0.25) is 0 Å². The fourth-order valence-electron chi connectivity index (χ4n) is 1.64. The molecule has 0 amide bonds. The fourth-order valence-corrected chi connectivity index (χ4v) is 3.47. The van der Waals surface area contributed by atoms with E-state index in [9.17, 15) is 0 Å². The zero-order valence-electron chi connectivity index (χ0n) is 8.56. The number of rotatable bonds is 2. The molecule has 0 aliphatic carbocycles. The van der Waals surface area contributed by atoms with Gasteiger partial charge in [0.05, 0.1) is 0 Å². The molecule has 0 radical (unpaired) electrons. The summed E-state index contributed by atoms with van der Waals surface area (Å²) in [7, 11) is 0. The Hall–Kier alpha value is -0.885. The van der Waals surface area contributed by atoms with Gasteiger partial charge in [0, 0.05) is 0 Å². The van der Waals surface area contributed by atoms with Crippen LogP contribution in [0.5, 0.6) is 0 Å². The van der Waals surface area contributed by atoms with Gasteiger partial charge >= 0.3 is 107 Å². The molecule has 0 aliphatic rings. The number of benzene rings is 2. The van der Waals surface area contributed by atoms with E-state index < -0.39 is 0 Å². The molecule has 0 bridgehead atoms. The second-order valence-electron chi connectivity index (χ2n) is 3.35. The van der Waals surface area contributed by atoms with E-state index in [1.165, 1.54) is 16.7 Å². The summed E-state index contributed by atoms with van der Waals surface area (Å²) in [6, 6.07) is 21.2. The molecule has 2 aromatic carbocycles.